The molecule has 1 aliphatic rings. The average molecular weight is 248 g/mol. The highest BCUT2D eigenvalue weighted by Gasteiger charge is 2.22. The van der Waals surface area contributed by atoms with Gasteiger partial charge in [-0.2, -0.15) is 0 Å². The van der Waals surface area contributed by atoms with Crippen molar-refractivity contribution in [1.82, 2.24) is 4.90 Å². The Bertz CT molecular complexity index is 456. The van der Waals surface area contributed by atoms with E-state index in [2.05, 4.69) is 0 Å². The number of carbonyl (C=O) groups excluding carboxylic acids is 2. The van der Waals surface area contributed by atoms with Crippen molar-refractivity contribution in [2.45, 2.75) is 18.9 Å². The Labute approximate surface area is 105 Å². The van der Waals surface area contributed by atoms with Crippen LogP contribution in [0.15, 0.2) is 24.3 Å². The first-order chi connectivity index (χ1) is 8.58. The number of aliphatic hydroxyl groups excluding tert-OH is 1. The largest absolute Gasteiger partial charge is 0.391 e. The number of nitrogens with two attached hydrogens (primary N) is 1. The predicted octanol–water partition coefficient (Wildman–Crippen LogP) is 0.382. The minimum absolute atomic E-state index is 0.121. The molecule has 1 aromatic rings. The van der Waals surface area contributed by atoms with Crippen LogP contribution < -0.4 is 5.73 Å². The summed E-state index contributed by atoms with van der Waals surface area (Å²) in [5.41, 5.74) is 6.02. The fourth-order valence-electron chi connectivity index (χ4n) is 2.10. The van der Waals surface area contributed by atoms with E-state index in [0.29, 0.717) is 24.2 Å². The van der Waals surface area contributed by atoms with Gasteiger partial charge >= 0.3 is 0 Å². The first-order valence-electron chi connectivity index (χ1n) is 5.95. The summed E-state index contributed by atoms with van der Waals surface area (Å²) in [5.74, 6) is -0.632. The lowest BCUT2D eigenvalue weighted by Crippen LogP contribution is -2.42. The Hall–Kier alpha value is -1.88. The lowest BCUT2D eigenvalue weighted by molar-refractivity contribution is 0.0473. The summed E-state index contributed by atoms with van der Waals surface area (Å²) in [7, 11) is 0. The molecule has 1 saturated heterocycles. The molecule has 0 saturated carbocycles. The molecule has 0 aliphatic carbocycles. The van der Waals surface area contributed by atoms with Crippen LogP contribution in [0.3, 0.4) is 0 Å². The zero-order valence-electron chi connectivity index (χ0n) is 10.0. The zero-order valence-corrected chi connectivity index (χ0v) is 10.0. The molecule has 3 N–H and O–H groups in total. The molecular formula is C13H16N2O3. The number of aliphatic hydroxyl groups is 1. The van der Waals surface area contributed by atoms with Gasteiger partial charge in [0.2, 0.25) is 5.91 Å². The van der Waals surface area contributed by atoms with Gasteiger partial charge in [-0.1, -0.05) is 0 Å². The second kappa shape index (κ2) is 5.18. The summed E-state index contributed by atoms with van der Waals surface area (Å²) in [6, 6.07) is 6.25. The van der Waals surface area contributed by atoms with Crippen LogP contribution in [-0.2, 0) is 0 Å². The number of carbonyl (C=O) groups is 2. The molecule has 1 fully saturated rings. The minimum atomic E-state index is -0.512. The zero-order chi connectivity index (χ0) is 13.1. The van der Waals surface area contributed by atoms with E-state index in [-0.39, 0.29) is 5.91 Å². The van der Waals surface area contributed by atoms with Crippen molar-refractivity contribution in [1.29, 1.82) is 0 Å². The number of hydrogen-bond donors (Lipinski definition) is 2. The van der Waals surface area contributed by atoms with Crippen LogP contribution in [0.2, 0.25) is 0 Å². The summed E-state index contributed by atoms with van der Waals surface area (Å²) in [6.07, 6.45) is 1.11. The van der Waals surface area contributed by atoms with Crippen molar-refractivity contribution >= 4 is 11.8 Å². The van der Waals surface area contributed by atoms with E-state index in [9.17, 15) is 14.7 Å². The van der Waals surface area contributed by atoms with Gasteiger partial charge in [0.15, 0.2) is 0 Å². The van der Waals surface area contributed by atoms with Crippen molar-refractivity contribution in [2.75, 3.05) is 13.1 Å². The van der Waals surface area contributed by atoms with E-state index >= 15 is 0 Å². The summed E-state index contributed by atoms with van der Waals surface area (Å²) in [5, 5.41) is 9.54. The van der Waals surface area contributed by atoms with Crippen LogP contribution in [0, 0.1) is 0 Å². The van der Waals surface area contributed by atoms with Gasteiger partial charge in [0.25, 0.3) is 5.91 Å². The summed E-state index contributed by atoms with van der Waals surface area (Å²) >= 11 is 0. The van der Waals surface area contributed by atoms with Crippen molar-refractivity contribution in [3.63, 3.8) is 0 Å². The predicted molar refractivity (Wildman–Crippen MR) is 66.1 cm³/mol. The van der Waals surface area contributed by atoms with Crippen LogP contribution in [0.1, 0.15) is 33.6 Å². The minimum Gasteiger partial charge on any atom is -0.391 e. The molecule has 0 bridgehead atoms. The molecule has 0 aromatic heterocycles. The fraction of sp³-hybridized carbons (Fsp3) is 0.385. The number of nitrogens with zero attached hydrogens (tertiary/aromatic N) is 1. The van der Waals surface area contributed by atoms with Crippen molar-refractivity contribution < 1.29 is 14.7 Å². The van der Waals surface area contributed by atoms with Gasteiger partial charge in [-0.05, 0) is 37.1 Å². The monoisotopic (exact) mass is 248 g/mol. The van der Waals surface area contributed by atoms with Crippen molar-refractivity contribution in [3.05, 3.63) is 35.4 Å². The Balaban J connectivity index is 2.10. The number of amides is 2. The molecule has 1 atom stereocenters. The Kier molecular flexibility index (Phi) is 3.62. The standard InChI is InChI=1S/C13H16N2O3/c14-12(17)9-3-5-10(6-4-9)13(18)15-7-1-2-11(16)8-15/h3-6,11,16H,1-2,7-8H2,(H2,14,17)/t11-/m0/s1. The van der Waals surface area contributed by atoms with Crippen LogP contribution in [0.5, 0.6) is 0 Å². The van der Waals surface area contributed by atoms with E-state index in [1.165, 1.54) is 12.1 Å². The van der Waals surface area contributed by atoms with Gasteiger partial charge in [0.05, 0.1) is 6.10 Å². The molecule has 5 heteroatoms. The lowest BCUT2D eigenvalue weighted by atomic mass is 10.1. The van der Waals surface area contributed by atoms with Gasteiger partial charge in [-0.25, -0.2) is 0 Å². The summed E-state index contributed by atoms with van der Waals surface area (Å²) in [4.78, 5) is 24.7. The Morgan fingerprint density at radius 2 is 1.83 bits per heavy atom. The molecule has 2 amide bonds. The molecule has 0 spiro atoms. The third-order valence-electron chi connectivity index (χ3n) is 3.10. The third kappa shape index (κ3) is 2.68. The van der Waals surface area contributed by atoms with Crippen LogP contribution >= 0.6 is 0 Å². The topological polar surface area (TPSA) is 83.6 Å². The first-order valence-corrected chi connectivity index (χ1v) is 5.95. The fourth-order valence-corrected chi connectivity index (χ4v) is 2.10. The third-order valence-corrected chi connectivity index (χ3v) is 3.10. The average Bonchev–Trinajstić information content (AvgIpc) is 2.38. The van der Waals surface area contributed by atoms with Gasteiger partial charge in [-0.3, -0.25) is 9.59 Å². The Morgan fingerprint density at radius 1 is 1.22 bits per heavy atom. The normalized spacial score (nSPS) is 19.6. The number of β-amino-alcohol motifs (C(OH)–C–C–N with tert-alkyl or cyclic N) is 1. The summed E-state index contributed by atoms with van der Waals surface area (Å²) < 4.78 is 0. The van der Waals surface area contributed by atoms with Crippen LogP contribution in [-0.4, -0.2) is 41.0 Å². The molecule has 1 aromatic carbocycles. The van der Waals surface area contributed by atoms with Crippen LogP contribution in [0.25, 0.3) is 0 Å². The molecule has 2 rings (SSSR count). The molecule has 0 unspecified atom stereocenters. The van der Waals surface area contributed by atoms with E-state index in [0.717, 1.165) is 12.8 Å². The van der Waals surface area contributed by atoms with Crippen LogP contribution in [0.4, 0.5) is 0 Å². The number of piperidine rings is 1. The highest BCUT2D eigenvalue weighted by atomic mass is 16.3. The van der Waals surface area contributed by atoms with E-state index in [4.69, 9.17) is 5.73 Å². The maximum atomic E-state index is 12.1. The molecular weight excluding hydrogens is 232 g/mol. The van der Waals surface area contributed by atoms with Crippen molar-refractivity contribution in [2.24, 2.45) is 5.73 Å². The maximum absolute atomic E-state index is 12.1. The van der Waals surface area contributed by atoms with E-state index < -0.39 is 12.0 Å². The first kappa shape index (κ1) is 12.6. The number of benzene rings is 1. The van der Waals surface area contributed by atoms with Gasteiger partial charge in [0, 0.05) is 24.2 Å². The second-order valence-corrected chi connectivity index (χ2v) is 4.49. The highest BCUT2D eigenvalue weighted by molar-refractivity contribution is 5.97. The molecule has 0 radical (unpaired) electrons. The SMILES string of the molecule is NC(=O)c1ccc(C(=O)N2CCC[C@H](O)C2)cc1. The van der Waals surface area contributed by atoms with Crippen molar-refractivity contribution in [3.8, 4) is 0 Å². The van der Waals surface area contributed by atoms with Gasteiger partial charge in [0.1, 0.15) is 0 Å². The molecule has 18 heavy (non-hydrogen) atoms. The second-order valence-electron chi connectivity index (χ2n) is 4.49. The smallest absolute Gasteiger partial charge is 0.253 e. The van der Waals surface area contributed by atoms with E-state index in [1.54, 1.807) is 17.0 Å². The van der Waals surface area contributed by atoms with Gasteiger partial charge in [-0.15, -0.1) is 0 Å². The van der Waals surface area contributed by atoms with E-state index in [1.807, 2.05) is 0 Å². The number of likely N-dealkylation sites (tertiary alicyclic amines) is 1. The molecule has 1 aliphatic heterocycles. The van der Waals surface area contributed by atoms with Gasteiger partial charge < -0.3 is 15.7 Å². The maximum Gasteiger partial charge on any atom is 0.253 e. The lowest BCUT2D eigenvalue weighted by Gasteiger charge is -2.30. The summed E-state index contributed by atoms with van der Waals surface area (Å²) in [6.45, 7) is 1.03. The quantitative estimate of drug-likeness (QED) is 0.793. The molecule has 1 heterocycles. The molecule has 96 valence electrons. The molecule has 5 nitrogen and oxygen atoms in total. The number of rotatable bonds is 2. The number of primary amides is 1. The number of hydrogen-bond acceptors (Lipinski definition) is 3. The Morgan fingerprint density at radius 3 is 2.39 bits per heavy atom. The highest BCUT2D eigenvalue weighted by Crippen LogP contribution is 2.14.